The summed E-state index contributed by atoms with van der Waals surface area (Å²) in [5.74, 6) is 0.524. The van der Waals surface area contributed by atoms with Crippen LogP contribution in [0.1, 0.15) is 42.5 Å². The van der Waals surface area contributed by atoms with Gasteiger partial charge in [0.15, 0.2) is 0 Å². The molecule has 28 heavy (non-hydrogen) atoms. The summed E-state index contributed by atoms with van der Waals surface area (Å²) in [6.07, 6.45) is 5.99. The number of benzene rings is 1. The van der Waals surface area contributed by atoms with Gasteiger partial charge in [0.25, 0.3) is 5.91 Å². The number of rotatable bonds is 6. The van der Waals surface area contributed by atoms with Crippen LogP contribution in [0.25, 0.3) is 0 Å². The first-order valence-electron chi connectivity index (χ1n) is 9.97. The molecular formula is C20H31N3O4S. The monoisotopic (exact) mass is 409 g/mol. The Bertz CT molecular complexity index is 808. The van der Waals surface area contributed by atoms with Crippen LogP contribution in [-0.2, 0) is 10.0 Å². The Balaban J connectivity index is 1.74. The van der Waals surface area contributed by atoms with Crippen molar-refractivity contribution in [2.24, 2.45) is 5.92 Å². The normalized spacial score (nSPS) is 23.3. The second-order valence-electron chi connectivity index (χ2n) is 7.86. The number of hydrogen-bond donors (Lipinski definition) is 1. The third kappa shape index (κ3) is 4.34. The summed E-state index contributed by atoms with van der Waals surface area (Å²) in [7, 11) is 0.803. The number of hydrogen-bond acceptors (Lipinski definition) is 5. The maximum Gasteiger partial charge on any atom is 0.255 e. The maximum atomic E-state index is 12.9. The Labute approximate surface area is 168 Å². The predicted octanol–water partition coefficient (Wildman–Crippen LogP) is 1.94. The lowest BCUT2D eigenvalue weighted by Gasteiger charge is -2.44. The average Bonchev–Trinajstić information content (AvgIpc) is 2.71. The number of fused-ring (bicyclic) bond motifs is 1. The zero-order valence-electron chi connectivity index (χ0n) is 17.0. The SMILES string of the molecule is COc1ccc(S(=O)(=O)N(C)C)cc1C(=O)NC[C@@H]1CCCN2CCCC[C@H]12. The minimum Gasteiger partial charge on any atom is -0.496 e. The highest BCUT2D eigenvalue weighted by Gasteiger charge is 2.33. The van der Waals surface area contributed by atoms with E-state index < -0.39 is 10.0 Å². The number of amides is 1. The van der Waals surface area contributed by atoms with E-state index >= 15 is 0 Å². The van der Waals surface area contributed by atoms with Gasteiger partial charge < -0.3 is 15.0 Å². The molecule has 2 saturated heterocycles. The molecule has 1 aromatic carbocycles. The van der Waals surface area contributed by atoms with Crippen LogP contribution in [-0.4, -0.2) is 70.4 Å². The van der Waals surface area contributed by atoms with Gasteiger partial charge in [-0.25, -0.2) is 12.7 Å². The zero-order chi connectivity index (χ0) is 20.3. The first kappa shape index (κ1) is 21.1. The molecule has 3 rings (SSSR count). The van der Waals surface area contributed by atoms with E-state index in [2.05, 4.69) is 10.2 Å². The molecule has 0 radical (unpaired) electrons. The summed E-state index contributed by atoms with van der Waals surface area (Å²) < 4.78 is 31.3. The number of nitrogens with zero attached hydrogens (tertiary/aromatic N) is 2. The first-order chi connectivity index (χ1) is 13.3. The number of sulfonamides is 1. The van der Waals surface area contributed by atoms with Gasteiger partial charge in [-0.2, -0.15) is 0 Å². The van der Waals surface area contributed by atoms with Crippen molar-refractivity contribution in [1.29, 1.82) is 0 Å². The van der Waals surface area contributed by atoms with E-state index in [1.165, 1.54) is 58.7 Å². The van der Waals surface area contributed by atoms with E-state index in [1.54, 1.807) is 0 Å². The van der Waals surface area contributed by atoms with Crippen LogP contribution in [0.2, 0.25) is 0 Å². The molecule has 8 heteroatoms. The number of ether oxygens (including phenoxy) is 1. The van der Waals surface area contributed by atoms with Crippen molar-refractivity contribution in [3.05, 3.63) is 23.8 Å². The van der Waals surface area contributed by atoms with Gasteiger partial charge in [-0.1, -0.05) is 6.42 Å². The van der Waals surface area contributed by atoms with Crippen LogP contribution in [0.4, 0.5) is 0 Å². The lowest BCUT2D eigenvalue weighted by Crippen LogP contribution is -2.51. The van der Waals surface area contributed by atoms with Gasteiger partial charge in [0, 0.05) is 26.7 Å². The Morgan fingerprint density at radius 3 is 2.68 bits per heavy atom. The molecule has 1 amide bonds. The summed E-state index contributed by atoms with van der Waals surface area (Å²) >= 11 is 0. The average molecular weight is 410 g/mol. The molecule has 1 aromatic rings. The van der Waals surface area contributed by atoms with Crippen molar-refractivity contribution >= 4 is 15.9 Å². The fourth-order valence-corrected chi connectivity index (χ4v) is 5.30. The molecule has 0 spiro atoms. The fourth-order valence-electron chi connectivity index (χ4n) is 4.37. The fraction of sp³-hybridized carbons (Fsp3) is 0.650. The van der Waals surface area contributed by atoms with Gasteiger partial charge in [-0.15, -0.1) is 0 Å². The Morgan fingerprint density at radius 1 is 1.21 bits per heavy atom. The molecule has 2 atom stereocenters. The number of carbonyl (C=O) groups is 1. The summed E-state index contributed by atoms with van der Waals surface area (Å²) in [6.45, 7) is 2.93. The van der Waals surface area contributed by atoms with Gasteiger partial charge in [-0.3, -0.25) is 4.79 Å². The minimum absolute atomic E-state index is 0.0829. The lowest BCUT2D eigenvalue weighted by atomic mass is 9.83. The summed E-state index contributed by atoms with van der Waals surface area (Å²) in [4.78, 5) is 15.5. The molecule has 0 bridgehead atoms. The van der Waals surface area contributed by atoms with Gasteiger partial charge in [0.1, 0.15) is 5.75 Å². The zero-order valence-corrected chi connectivity index (χ0v) is 17.8. The van der Waals surface area contributed by atoms with E-state index in [4.69, 9.17) is 4.74 Å². The van der Waals surface area contributed by atoms with Gasteiger partial charge in [-0.05, 0) is 62.9 Å². The molecule has 2 fully saturated rings. The van der Waals surface area contributed by atoms with E-state index in [0.29, 0.717) is 24.3 Å². The second kappa shape index (κ2) is 8.80. The van der Waals surface area contributed by atoms with Crippen molar-refractivity contribution in [2.75, 3.05) is 40.8 Å². The molecule has 2 aliphatic rings. The highest BCUT2D eigenvalue weighted by molar-refractivity contribution is 7.89. The standard InChI is InChI=1S/C20H31N3O4S/c1-22(2)28(25,26)16-9-10-19(27-3)17(13-16)20(24)21-14-15-7-6-12-23-11-5-4-8-18(15)23/h9-10,13,15,18H,4-8,11-12,14H2,1-3H3,(H,21,24)/t15-,18+/m0/s1. The number of methoxy groups -OCH3 is 1. The molecule has 0 unspecified atom stereocenters. The summed E-state index contributed by atoms with van der Waals surface area (Å²) in [6, 6.07) is 4.95. The van der Waals surface area contributed by atoms with Crippen LogP contribution in [0.15, 0.2) is 23.1 Å². The molecule has 1 N–H and O–H groups in total. The van der Waals surface area contributed by atoms with Crippen molar-refractivity contribution in [3.8, 4) is 5.75 Å². The van der Waals surface area contributed by atoms with Gasteiger partial charge in [0.2, 0.25) is 10.0 Å². The quantitative estimate of drug-likeness (QED) is 0.777. The highest BCUT2D eigenvalue weighted by Crippen LogP contribution is 2.31. The molecule has 2 aliphatic heterocycles. The lowest BCUT2D eigenvalue weighted by molar-refractivity contribution is 0.0575. The molecule has 7 nitrogen and oxygen atoms in total. The van der Waals surface area contributed by atoms with Crippen LogP contribution in [0.3, 0.4) is 0 Å². The van der Waals surface area contributed by atoms with Crippen LogP contribution >= 0.6 is 0 Å². The Kier molecular flexibility index (Phi) is 6.62. The van der Waals surface area contributed by atoms with E-state index in [0.717, 1.165) is 30.2 Å². The molecule has 2 heterocycles. The van der Waals surface area contributed by atoms with Crippen molar-refractivity contribution < 1.29 is 17.9 Å². The third-order valence-corrected chi connectivity index (χ3v) is 7.76. The van der Waals surface area contributed by atoms with E-state index in [-0.39, 0.29) is 16.4 Å². The largest absolute Gasteiger partial charge is 0.496 e. The van der Waals surface area contributed by atoms with E-state index in [1.807, 2.05) is 0 Å². The van der Waals surface area contributed by atoms with Crippen LogP contribution in [0, 0.1) is 5.92 Å². The van der Waals surface area contributed by atoms with Crippen LogP contribution in [0.5, 0.6) is 5.75 Å². The third-order valence-electron chi connectivity index (χ3n) is 5.95. The number of piperidine rings is 2. The first-order valence-corrected chi connectivity index (χ1v) is 11.4. The molecule has 0 saturated carbocycles. The highest BCUT2D eigenvalue weighted by atomic mass is 32.2. The smallest absolute Gasteiger partial charge is 0.255 e. The Hall–Kier alpha value is -1.64. The molecule has 156 valence electrons. The van der Waals surface area contributed by atoms with Crippen LogP contribution < -0.4 is 10.1 Å². The van der Waals surface area contributed by atoms with Crippen molar-refractivity contribution in [2.45, 2.75) is 43.0 Å². The predicted molar refractivity (Wildman–Crippen MR) is 108 cm³/mol. The maximum absolute atomic E-state index is 12.9. The summed E-state index contributed by atoms with van der Waals surface area (Å²) in [5, 5.41) is 3.03. The van der Waals surface area contributed by atoms with Gasteiger partial charge >= 0.3 is 0 Å². The van der Waals surface area contributed by atoms with Gasteiger partial charge in [0.05, 0.1) is 17.6 Å². The number of carbonyl (C=O) groups excluding carboxylic acids is 1. The van der Waals surface area contributed by atoms with Crippen molar-refractivity contribution in [3.63, 3.8) is 0 Å². The number of nitrogens with one attached hydrogen (secondary N) is 1. The molecular weight excluding hydrogens is 378 g/mol. The molecule has 0 aliphatic carbocycles. The van der Waals surface area contributed by atoms with E-state index in [9.17, 15) is 13.2 Å². The topological polar surface area (TPSA) is 79.0 Å². The molecule has 0 aromatic heterocycles. The summed E-state index contributed by atoms with van der Waals surface area (Å²) in [5.41, 5.74) is 0.252. The van der Waals surface area contributed by atoms with Crippen molar-refractivity contribution in [1.82, 2.24) is 14.5 Å². The Morgan fingerprint density at radius 2 is 1.96 bits per heavy atom. The second-order valence-corrected chi connectivity index (χ2v) is 10.0. The minimum atomic E-state index is -3.62.